The third kappa shape index (κ3) is 5.81. The SMILES string of the molecule is CN(CC(=O)N(C)CCCN)Cc1ccc(F)cc1. The zero-order chi connectivity index (χ0) is 14.3. The number of amides is 1. The lowest BCUT2D eigenvalue weighted by molar-refractivity contribution is -0.130. The Morgan fingerprint density at radius 3 is 2.47 bits per heavy atom. The highest BCUT2D eigenvalue weighted by molar-refractivity contribution is 5.77. The second-order valence-electron chi connectivity index (χ2n) is 4.76. The Balaban J connectivity index is 2.39. The summed E-state index contributed by atoms with van der Waals surface area (Å²) in [5.74, 6) is -0.179. The summed E-state index contributed by atoms with van der Waals surface area (Å²) in [6.45, 7) is 2.23. The largest absolute Gasteiger partial charge is 0.345 e. The molecule has 0 fully saturated rings. The number of hydrogen-bond acceptors (Lipinski definition) is 3. The molecule has 0 aliphatic rings. The van der Waals surface area contributed by atoms with E-state index in [-0.39, 0.29) is 11.7 Å². The molecule has 1 rings (SSSR count). The molecule has 5 heteroatoms. The summed E-state index contributed by atoms with van der Waals surface area (Å²) in [5, 5.41) is 0. The fourth-order valence-electron chi connectivity index (χ4n) is 1.76. The second kappa shape index (κ2) is 7.86. The Kier molecular flexibility index (Phi) is 6.45. The van der Waals surface area contributed by atoms with Gasteiger partial charge < -0.3 is 10.6 Å². The van der Waals surface area contributed by atoms with E-state index in [1.165, 1.54) is 12.1 Å². The summed E-state index contributed by atoms with van der Waals surface area (Å²) in [4.78, 5) is 15.5. The molecule has 0 aromatic heterocycles. The highest BCUT2D eigenvalue weighted by atomic mass is 19.1. The molecule has 0 heterocycles. The third-order valence-electron chi connectivity index (χ3n) is 2.89. The van der Waals surface area contributed by atoms with Gasteiger partial charge in [0.25, 0.3) is 0 Å². The van der Waals surface area contributed by atoms with E-state index in [1.807, 2.05) is 11.9 Å². The predicted octanol–water partition coefficient (Wildman–Crippen LogP) is 1.06. The van der Waals surface area contributed by atoms with Crippen molar-refractivity contribution in [2.45, 2.75) is 13.0 Å². The molecule has 0 aliphatic carbocycles. The first-order chi connectivity index (χ1) is 9.02. The van der Waals surface area contributed by atoms with E-state index in [2.05, 4.69) is 0 Å². The highest BCUT2D eigenvalue weighted by Crippen LogP contribution is 2.05. The Morgan fingerprint density at radius 2 is 1.89 bits per heavy atom. The number of benzene rings is 1. The zero-order valence-electron chi connectivity index (χ0n) is 11.6. The van der Waals surface area contributed by atoms with E-state index in [9.17, 15) is 9.18 Å². The molecule has 0 aliphatic heterocycles. The number of rotatable bonds is 7. The van der Waals surface area contributed by atoms with E-state index in [1.54, 1.807) is 24.1 Å². The van der Waals surface area contributed by atoms with E-state index < -0.39 is 0 Å². The van der Waals surface area contributed by atoms with Crippen LogP contribution in [0.4, 0.5) is 4.39 Å². The molecule has 0 unspecified atom stereocenters. The van der Waals surface area contributed by atoms with Gasteiger partial charge in [-0.2, -0.15) is 0 Å². The lowest BCUT2D eigenvalue weighted by Crippen LogP contribution is -2.37. The standard InChI is InChI=1S/C14H22FN3O/c1-17(10-12-4-6-13(15)7-5-12)11-14(19)18(2)9-3-8-16/h4-7H,3,8-11,16H2,1-2H3. The second-order valence-corrected chi connectivity index (χ2v) is 4.76. The topological polar surface area (TPSA) is 49.6 Å². The minimum Gasteiger partial charge on any atom is -0.345 e. The number of nitrogens with two attached hydrogens (primary N) is 1. The van der Waals surface area contributed by atoms with E-state index in [0.717, 1.165) is 12.0 Å². The minimum atomic E-state index is -0.246. The van der Waals surface area contributed by atoms with Crippen LogP contribution in [-0.2, 0) is 11.3 Å². The van der Waals surface area contributed by atoms with Crippen molar-refractivity contribution in [3.63, 3.8) is 0 Å². The van der Waals surface area contributed by atoms with E-state index in [0.29, 0.717) is 26.2 Å². The van der Waals surface area contributed by atoms with Crippen molar-refractivity contribution in [1.29, 1.82) is 0 Å². The fourth-order valence-corrected chi connectivity index (χ4v) is 1.76. The van der Waals surface area contributed by atoms with Gasteiger partial charge in [0.15, 0.2) is 0 Å². The van der Waals surface area contributed by atoms with Crippen LogP contribution in [-0.4, -0.2) is 49.4 Å². The van der Waals surface area contributed by atoms with Crippen molar-refractivity contribution in [2.75, 3.05) is 33.7 Å². The van der Waals surface area contributed by atoms with Crippen LogP contribution in [0, 0.1) is 5.82 Å². The molecule has 0 spiro atoms. The Labute approximate surface area is 114 Å². The summed E-state index contributed by atoms with van der Waals surface area (Å²) < 4.78 is 12.8. The summed E-state index contributed by atoms with van der Waals surface area (Å²) in [5.41, 5.74) is 6.40. The van der Waals surface area contributed by atoms with Crippen LogP contribution in [0.3, 0.4) is 0 Å². The number of hydrogen-bond donors (Lipinski definition) is 1. The van der Waals surface area contributed by atoms with E-state index in [4.69, 9.17) is 5.73 Å². The molecule has 4 nitrogen and oxygen atoms in total. The smallest absolute Gasteiger partial charge is 0.236 e. The molecule has 0 saturated carbocycles. The lowest BCUT2D eigenvalue weighted by Gasteiger charge is -2.21. The number of likely N-dealkylation sites (N-methyl/N-ethyl adjacent to an activating group) is 2. The van der Waals surface area contributed by atoms with Crippen molar-refractivity contribution < 1.29 is 9.18 Å². The molecule has 1 aromatic rings. The molecule has 0 saturated heterocycles. The first-order valence-corrected chi connectivity index (χ1v) is 6.40. The summed E-state index contributed by atoms with van der Waals surface area (Å²) in [7, 11) is 3.65. The average molecular weight is 267 g/mol. The summed E-state index contributed by atoms with van der Waals surface area (Å²) >= 11 is 0. The van der Waals surface area contributed by atoms with Crippen molar-refractivity contribution in [3.8, 4) is 0 Å². The number of halogens is 1. The Morgan fingerprint density at radius 1 is 1.26 bits per heavy atom. The highest BCUT2D eigenvalue weighted by Gasteiger charge is 2.11. The van der Waals surface area contributed by atoms with Gasteiger partial charge in [-0.1, -0.05) is 12.1 Å². The van der Waals surface area contributed by atoms with Crippen molar-refractivity contribution in [2.24, 2.45) is 5.73 Å². The number of carbonyl (C=O) groups is 1. The maximum atomic E-state index is 12.8. The molecule has 0 atom stereocenters. The Hall–Kier alpha value is -1.46. The van der Waals surface area contributed by atoms with Crippen LogP contribution >= 0.6 is 0 Å². The van der Waals surface area contributed by atoms with Gasteiger partial charge in [-0.05, 0) is 37.7 Å². The van der Waals surface area contributed by atoms with Crippen LogP contribution in [0.5, 0.6) is 0 Å². The number of nitrogens with zero attached hydrogens (tertiary/aromatic N) is 2. The van der Waals surface area contributed by atoms with Crippen LogP contribution < -0.4 is 5.73 Å². The van der Waals surface area contributed by atoms with Crippen molar-refractivity contribution >= 4 is 5.91 Å². The van der Waals surface area contributed by atoms with Gasteiger partial charge in [-0.15, -0.1) is 0 Å². The van der Waals surface area contributed by atoms with Gasteiger partial charge in [-0.3, -0.25) is 9.69 Å². The predicted molar refractivity (Wildman–Crippen MR) is 74.0 cm³/mol. The van der Waals surface area contributed by atoms with Gasteiger partial charge in [0.2, 0.25) is 5.91 Å². The van der Waals surface area contributed by atoms with Gasteiger partial charge in [0, 0.05) is 20.1 Å². The van der Waals surface area contributed by atoms with Gasteiger partial charge in [-0.25, -0.2) is 4.39 Å². The van der Waals surface area contributed by atoms with E-state index >= 15 is 0 Å². The van der Waals surface area contributed by atoms with Crippen molar-refractivity contribution in [3.05, 3.63) is 35.6 Å². The van der Waals surface area contributed by atoms with Gasteiger partial charge >= 0.3 is 0 Å². The molecule has 1 aromatic carbocycles. The molecular formula is C14H22FN3O. The van der Waals surface area contributed by atoms with Crippen LogP contribution in [0.25, 0.3) is 0 Å². The zero-order valence-corrected chi connectivity index (χ0v) is 11.6. The summed E-state index contributed by atoms with van der Waals surface area (Å²) in [6.07, 6.45) is 0.809. The van der Waals surface area contributed by atoms with Gasteiger partial charge in [0.1, 0.15) is 5.82 Å². The lowest BCUT2D eigenvalue weighted by atomic mass is 10.2. The molecule has 106 valence electrons. The third-order valence-corrected chi connectivity index (χ3v) is 2.89. The van der Waals surface area contributed by atoms with Gasteiger partial charge in [0.05, 0.1) is 6.54 Å². The monoisotopic (exact) mass is 267 g/mol. The van der Waals surface area contributed by atoms with Crippen LogP contribution in [0.15, 0.2) is 24.3 Å². The Bertz CT molecular complexity index is 394. The number of carbonyl (C=O) groups excluding carboxylic acids is 1. The molecule has 19 heavy (non-hydrogen) atoms. The summed E-state index contributed by atoms with van der Waals surface area (Å²) in [6, 6.07) is 6.32. The first kappa shape index (κ1) is 15.6. The minimum absolute atomic E-state index is 0.0676. The maximum Gasteiger partial charge on any atom is 0.236 e. The molecular weight excluding hydrogens is 245 g/mol. The molecule has 2 N–H and O–H groups in total. The molecule has 0 radical (unpaired) electrons. The quantitative estimate of drug-likeness (QED) is 0.804. The molecule has 1 amide bonds. The van der Waals surface area contributed by atoms with Crippen LogP contribution in [0.2, 0.25) is 0 Å². The normalized spacial score (nSPS) is 10.8. The fraction of sp³-hybridized carbons (Fsp3) is 0.500. The first-order valence-electron chi connectivity index (χ1n) is 6.40. The van der Waals surface area contributed by atoms with Crippen molar-refractivity contribution in [1.82, 2.24) is 9.80 Å². The molecule has 0 bridgehead atoms. The van der Waals surface area contributed by atoms with Crippen LogP contribution in [0.1, 0.15) is 12.0 Å². The average Bonchev–Trinajstić information content (AvgIpc) is 2.38. The maximum absolute atomic E-state index is 12.8.